The molecule has 0 unspecified atom stereocenters. The van der Waals surface area contributed by atoms with Gasteiger partial charge in [0.2, 0.25) is 0 Å². The summed E-state index contributed by atoms with van der Waals surface area (Å²) in [4.78, 5) is 0. The molecule has 0 radical (unpaired) electrons. The molecule has 3 heteroatoms. The van der Waals surface area contributed by atoms with Crippen molar-refractivity contribution in [3.8, 4) is 0 Å². The van der Waals surface area contributed by atoms with Crippen LogP contribution in [0, 0.1) is 5.92 Å². The van der Waals surface area contributed by atoms with Crippen LogP contribution in [0.1, 0.15) is 12.0 Å². The highest BCUT2D eigenvalue weighted by atomic mass is 79.9. The summed E-state index contributed by atoms with van der Waals surface area (Å²) in [5, 5.41) is 4.17. The van der Waals surface area contributed by atoms with Crippen LogP contribution < -0.4 is 5.32 Å². The van der Waals surface area contributed by atoms with Crippen LogP contribution in [0.2, 0.25) is 5.02 Å². The van der Waals surface area contributed by atoms with Crippen molar-refractivity contribution in [3.63, 3.8) is 0 Å². The lowest BCUT2D eigenvalue weighted by Gasteiger charge is -2.27. The van der Waals surface area contributed by atoms with E-state index in [1.807, 2.05) is 12.1 Å². The number of halogens is 2. The van der Waals surface area contributed by atoms with Crippen molar-refractivity contribution in [1.82, 2.24) is 5.32 Å². The third kappa shape index (κ3) is 2.50. The fraction of sp³-hybridized carbons (Fsp3) is 0.455. The van der Waals surface area contributed by atoms with Gasteiger partial charge in [-0.25, -0.2) is 0 Å². The maximum atomic E-state index is 6.10. The van der Waals surface area contributed by atoms with Gasteiger partial charge in [0.1, 0.15) is 0 Å². The second-order valence-corrected chi connectivity index (χ2v) is 5.12. The highest BCUT2D eigenvalue weighted by Gasteiger charge is 2.16. The average molecular weight is 275 g/mol. The van der Waals surface area contributed by atoms with Crippen molar-refractivity contribution >= 4 is 27.5 Å². The quantitative estimate of drug-likeness (QED) is 0.892. The van der Waals surface area contributed by atoms with E-state index in [0.717, 1.165) is 21.8 Å². The maximum absolute atomic E-state index is 6.10. The van der Waals surface area contributed by atoms with E-state index in [2.05, 4.69) is 27.3 Å². The molecule has 1 saturated heterocycles. The van der Waals surface area contributed by atoms with Crippen LogP contribution in [-0.4, -0.2) is 13.1 Å². The Morgan fingerprint density at radius 3 is 2.86 bits per heavy atom. The molecule has 1 heterocycles. The van der Waals surface area contributed by atoms with Crippen molar-refractivity contribution in [3.05, 3.63) is 33.3 Å². The molecule has 1 aromatic rings. The molecule has 2 rings (SSSR count). The molecule has 0 spiro atoms. The van der Waals surface area contributed by atoms with E-state index < -0.39 is 0 Å². The van der Waals surface area contributed by atoms with Gasteiger partial charge >= 0.3 is 0 Å². The van der Waals surface area contributed by atoms with Gasteiger partial charge in [0.05, 0.1) is 0 Å². The first kappa shape index (κ1) is 10.5. The number of nitrogens with one attached hydrogen (secondary N) is 1. The second-order valence-electron chi connectivity index (χ2n) is 3.80. The van der Waals surface area contributed by atoms with E-state index in [1.54, 1.807) is 0 Å². The van der Waals surface area contributed by atoms with Crippen molar-refractivity contribution in [2.24, 2.45) is 5.92 Å². The third-order valence-electron chi connectivity index (χ3n) is 2.70. The molecule has 1 nitrogen and oxygen atoms in total. The summed E-state index contributed by atoms with van der Waals surface area (Å²) in [6, 6.07) is 6.06. The van der Waals surface area contributed by atoms with Gasteiger partial charge in [-0.15, -0.1) is 0 Å². The Labute approximate surface area is 98.0 Å². The molecule has 0 aliphatic carbocycles. The van der Waals surface area contributed by atoms with Crippen LogP contribution in [-0.2, 0) is 6.42 Å². The van der Waals surface area contributed by atoms with Crippen molar-refractivity contribution in [2.45, 2.75) is 12.8 Å². The highest BCUT2D eigenvalue weighted by molar-refractivity contribution is 9.10. The Balaban J connectivity index is 1.96. The smallest absolute Gasteiger partial charge is 0.0438 e. The van der Waals surface area contributed by atoms with Crippen molar-refractivity contribution in [2.75, 3.05) is 13.1 Å². The minimum Gasteiger partial charge on any atom is -0.316 e. The fourth-order valence-electron chi connectivity index (χ4n) is 1.65. The first-order valence-electron chi connectivity index (χ1n) is 4.90. The van der Waals surface area contributed by atoms with Crippen LogP contribution >= 0.6 is 27.5 Å². The van der Waals surface area contributed by atoms with E-state index in [1.165, 1.54) is 25.1 Å². The summed E-state index contributed by atoms with van der Waals surface area (Å²) in [6.07, 6.45) is 2.33. The molecule has 1 aromatic carbocycles. The fourth-order valence-corrected chi connectivity index (χ4v) is 2.27. The van der Waals surface area contributed by atoms with E-state index in [-0.39, 0.29) is 0 Å². The molecule has 0 saturated carbocycles. The molecule has 1 N–H and O–H groups in total. The van der Waals surface area contributed by atoms with Crippen LogP contribution in [0.4, 0.5) is 0 Å². The molecule has 1 fully saturated rings. The summed E-state index contributed by atoms with van der Waals surface area (Å²) in [5.74, 6) is 0.852. The monoisotopic (exact) mass is 273 g/mol. The molecule has 0 bridgehead atoms. The zero-order valence-electron chi connectivity index (χ0n) is 7.89. The summed E-state index contributed by atoms with van der Waals surface area (Å²) < 4.78 is 1.11. The number of benzene rings is 1. The van der Waals surface area contributed by atoms with Crippen molar-refractivity contribution < 1.29 is 0 Å². The zero-order valence-corrected chi connectivity index (χ0v) is 10.2. The molecule has 0 aromatic heterocycles. The predicted octanol–water partition coefficient (Wildman–Crippen LogP) is 3.25. The first-order valence-corrected chi connectivity index (χ1v) is 6.07. The number of hydrogen-bond acceptors (Lipinski definition) is 1. The lowest BCUT2D eigenvalue weighted by molar-refractivity contribution is 0.328. The molecule has 0 amide bonds. The second kappa shape index (κ2) is 4.65. The average Bonchev–Trinajstić information content (AvgIpc) is 2.08. The maximum Gasteiger partial charge on any atom is 0.0438 e. The minimum atomic E-state index is 0.852. The van der Waals surface area contributed by atoms with Gasteiger partial charge in [-0.1, -0.05) is 27.5 Å². The van der Waals surface area contributed by atoms with Crippen molar-refractivity contribution in [1.29, 1.82) is 0 Å². The molecule has 1 aliphatic rings. The van der Waals surface area contributed by atoms with Gasteiger partial charge in [0.25, 0.3) is 0 Å². The van der Waals surface area contributed by atoms with Gasteiger partial charge in [0, 0.05) is 9.50 Å². The van der Waals surface area contributed by atoms with Gasteiger partial charge in [-0.05, 0) is 55.6 Å². The Bertz CT molecular complexity index is 323. The molecule has 76 valence electrons. The van der Waals surface area contributed by atoms with Crippen LogP contribution in [0.5, 0.6) is 0 Å². The Morgan fingerprint density at radius 2 is 2.21 bits per heavy atom. The van der Waals surface area contributed by atoms with E-state index in [4.69, 9.17) is 11.6 Å². The SMILES string of the molecule is Clc1ccc(Br)cc1CCC1CNC1. The largest absolute Gasteiger partial charge is 0.316 e. The lowest BCUT2D eigenvalue weighted by Crippen LogP contribution is -2.42. The topological polar surface area (TPSA) is 12.0 Å². The van der Waals surface area contributed by atoms with E-state index in [0.29, 0.717) is 0 Å². The number of aryl methyl sites for hydroxylation is 1. The minimum absolute atomic E-state index is 0.852. The standard InChI is InChI=1S/C11H13BrClN/c12-10-3-4-11(13)9(5-10)2-1-8-6-14-7-8/h3-5,8,14H,1-2,6-7H2. The predicted molar refractivity (Wildman–Crippen MR) is 63.8 cm³/mol. The molecule has 14 heavy (non-hydrogen) atoms. The van der Waals surface area contributed by atoms with Crippen LogP contribution in [0.25, 0.3) is 0 Å². The molecule has 1 aliphatic heterocycles. The van der Waals surface area contributed by atoms with Gasteiger partial charge in [-0.2, -0.15) is 0 Å². The highest BCUT2D eigenvalue weighted by Crippen LogP contribution is 2.23. The van der Waals surface area contributed by atoms with Crippen LogP contribution in [0.15, 0.2) is 22.7 Å². The summed E-state index contributed by atoms with van der Waals surface area (Å²) in [6.45, 7) is 2.34. The Morgan fingerprint density at radius 1 is 1.43 bits per heavy atom. The Kier molecular flexibility index (Phi) is 3.47. The van der Waals surface area contributed by atoms with Crippen LogP contribution in [0.3, 0.4) is 0 Å². The summed E-state index contributed by atoms with van der Waals surface area (Å²) >= 11 is 9.57. The first-order chi connectivity index (χ1) is 6.75. The summed E-state index contributed by atoms with van der Waals surface area (Å²) in [5.41, 5.74) is 1.26. The number of hydrogen-bond donors (Lipinski definition) is 1. The molecular formula is C11H13BrClN. The van der Waals surface area contributed by atoms with E-state index in [9.17, 15) is 0 Å². The zero-order chi connectivity index (χ0) is 9.97. The van der Waals surface area contributed by atoms with Gasteiger partial charge < -0.3 is 5.32 Å². The van der Waals surface area contributed by atoms with Gasteiger partial charge in [-0.3, -0.25) is 0 Å². The Hall–Kier alpha value is -0.0500. The molecule has 0 atom stereocenters. The number of rotatable bonds is 3. The summed E-state index contributed by atoms with van der Waals surface area (Å²) in [7, 11) is 0. The molecular weight excluding hydrogens is 261 g/mol. The van der Waals surface area contributed by atoms with Gasteiger partial charge in [0.15, 0.2) is 0 Å². The third-order valence-corrected chi connectivity index (χ3v) is 3.56. The normalized spacial score (nSPS) is 16.7. The van der Waals surface area contributed by atoms with E-state index >= 15 is 0 Å². The lowest BCUT2D eigenvalue weighted by atomic mass is 9.95.